The summed E-state index contributed by atoms with van der Waals surface area (Å²) in [7, 11) is -0.146. The quantitative estimate of drug-likeness (QED) is 0.826. The van der Waals surface area contributed by atoms with Gasteiger partial charge in [-0.3, -0.25) is 0 Å². The molecule has 1 aliphatic rings. The lowest BCUT2D eigenvalue weighted by Gasteiger charge is -2.22. The van der Waals surface area contributed by atoms with Gasteiger partial charge in [0.1, 0.15) is 11.6 Å². The number of aryl methyl sites for hydroxylation is 2. The van der Waals surface area contributed by atoms with Crippen molar-refractivity contribution in [1.29, 1.82) is 0 Å². The van der Waals surface area contributed by atoms with Gasteiger partial charge in [-0.1, -0.05) is 6.92 Å². The Morgan fingerprint density at radius 3 is 2.77 bits per heavy atom. The number of nitrogens with zero attached hydrogens (tertiary/aromatic N) is 3. The normalized spacial score (nSPS) is 22.2. The number of sulfonamides is 1. The fraction of sp³-hybridized carbons (Fsp3) is 0.714. The van der Waals surface area contributed by atoms with Crippen LogP contribution in [0.3, 0.4) is 0 Å². The Labute approximate surface area is 132 Å². The van der Waals surface area contributed by atoms with Gasteiger partial charge < -0.3 is 10.1 Å². The summed E-state index contributed by atoms with van der Waals surface area (Å²) in [6.45, 7) is 4.80. The zero-order valence-electron chi connectivity index (χ0n) is 13.5. The Morgan fingerprint density at radius 2 is 2.14 bits per heavy atom. The second-order valence-corrected chi connectivity index (χ2v) is 7.98. The van der Waals surface area contributed by atoms with Gasteiger partial charge in [0.05, 0.1) is 25.0 Å². The molecule has 0 bridgehead atoms. The summed E-state index contributed by atoms with van der Waals surface area (Å²) in [5, 5.41) is 3.35. The molecule has 124 valence electrons. The second kappa shape index (κ2) is 6.89. The van der Waals surface area contributed by atoms with Gasteiger partial charge in [0.2, 0.25) is 10.0 Å². The topological polar surface area (TPSA) is 84.4 Å². The molecule has 1 saturated heterocycles. The molecule has 0 amide bonds. The maximum absolute atomic E-state index is 12.1. The molecular weight excluding hydrogens is 304 g/mol. The molecule has 1 aromatic heterocycles. The average molecular weight is 328 g/mol. The number of hydrogen-bond acceptors (Lipinski definition) is 6. The summed E-state index contributed by atoms with van der Waals surface area (Å²) < 4.78 is 30.9. The highest BCUT2D eigenvalue weighted by Crippen LogP contribution is 2.22. The van der Waals surface area contributed by atoms with Crippen LogP contribution >= 0.6 is 0 Å². The van der Waals surface area contributed by atoms with Crippen LogP contribution in [0.25, 0.3) is 0 Å². The molecule has 0 saturated carbocycles. The number of ether oxygens (including phenoxy) is 1. The first kappa shape index (κ1) is 17.1. The number of hydrogen-bond donors (Lipinski definition) is 1. The van der Waals surface area contributed by atoms with Crippen LogP contribution in [0.2, 0.25) is 0 Å². The minimum atomic E-state index is -3.25. The molecule has 1 N–H and O–H groups in total. The highest BCUT2D eigenvalue weighted by molar-refractivity contribution is 7.89. The summed E-state index contributed by atoms with van der Waals surface area (Å²) >= 11 is 0. The van der Waals surface area contributed by atoms with Gasteiger partial charge in [-0.2, -0.15) is 0 Å². The molecule has 0 aliphatic carbocycles. The third-order valence-corrected chi connectivity index (χ3v) is 5.83. The fourth-order valence-electron chi connectivity index (χ4n) is 2.40. The molecule has 0 spiro atoms. The van der Waals surface area contributed by atoms with Crippen LogP contribution in [-0.2, 0) is 21.2 Å². The van der Waals surface area contributed by atoms with Gasteiger partial charge in [-0.05, 0) is 13.3 Å². The van der Waals surface area contributed by atoms with Crippen molar-refractivity contribution in [2.24, 2.45) is 5.92 Å². The van der Waals surface area contributed by atoms with E-state index in [0.29, 0.717) is 19.0 Å². The lowest BCUT2D eigenvalue weighted by molar-refractivity contribution is 0.187. The molecule has 1 aliphatic heterocycles. The molecule has 0 aromatic carbocycles. The molecule has 22 heavy (non-hydrogen) atoms. The molecule has 8 heteroatoms. The minimum absolute atomic E-state index is 0.0608. The first-order valence-electron chi connectivity index (χ1n) is 7.40. The zero-order chi connectivity index (χ0) is 16.3. The number of nitrogens with one attached hydrogen (secondary N) is 1. The smallest absolute Gasteiger partial charge is 0.214 e. The van der Waals surface area contributed by atoms with Gasteiger partial charge in [0.25, 0.3) is 0 Å². The van der Waals surface area contributed by atoms with Crippen LogP contribution in [-0.4, -0.2) is 61.8 Å². The predicted molar refractivity (Wildman–Crippen MR) is 85.3 cm³/mol. The molecule has 2 heterocycles. The van der Waals surface area contributed by atoms with E-state index < -0.39 is 10.0 Å². The Kier molecular flexibility index (Phi) is 5.36. The van der Waals surface area contributed by atoms with Crippen LogP contribution in [0.15, 0.2) is 6.20 Å². The summed E-state index contributed by atoms with van der Waals surface area (Å²) in [6, 6.07) is -0.0608. The SMILES string of the molecule is CCc1cnc(C)nc1N[C@@H]1COC[C@H]1CS(=O)(=O)N(C)C. The standard InChI is InChI=1S/C14H24N4O3S/c1-5-11-6-15-10(2)16-14(11)17-13-8-21-7-12(13)9-22(19,20)18(3)4/h6,12-13H,5,7-9H2,1-4H3,(H,15,16,17)/t12-,13+/m0/s1. The van der Waals surface area contributed by atoms with Crippen molar-refractivity contribution in [3.8, 4) is 0 Å². The second-order valence-electron chi connectivity index (χ2n) is 5.75. The highest BCUT2D eigenvalue weighted by Gasteiger charge is 2.33. The third kappa shape index (κ3) is 3.93. The van der Waals surface area contributed by atoms with E-state index in [1.165, 1.54) is 4.31 Å². The number of rotatable bonds is 6. The predicted octanol–water partition coefficient (Wildman–Crippen LogP) is 0.666. The van der Waals surface area contributed by atoms with Crippen molar-refractivity contribution in [1.82, 2.24) is 14.3 Å². The van der Waals surface area contributed by atoms with Crippen LogP contribution in [0, 0.1) is 12.8 Å². The van der Waals surface area contributed by atoms with Crippen molar-refractivity contribution >= 4 is 15.8 Å². The van der Waals surface area contributed by atoms with E-state index in [-0.39, 0.29) is 17.7 Å². The maximum atomic E-state index is 12.1. The minimum Gasteiger partial charge on any atom is -0.379 e. The number of aromatic nitrogens is 2. The van der Waals surface area contributed by atoms with Crippen LogP contribution in [0.5, 0.6) is 0 Å². The Hall–Kier alpha value is -1.25. The van der Waals surface area contributed by atoms with E-state index in [1.54, 1.807) is 14.1 Å². The summed E-state index contributed by atoms with van der Waals surface area (Å²) in [6.07, 6.45) is 2.63. The van der Waals surface area contributed by atoms with E-state index in [9.17, 15) is 8.42 Å². The van der Waals surface area contributed by atoms with E-state index in [0.717, 1.165) is 17.8 Å². The van der Waals surface area contributed by atoms with Crippen molar-refractivity contribution in [3.63, 3.8) is 0 Å². The number of anilines is 1. The van der Waals surface area contributed by atoms with Crippen LogP contribution < -0.4 is 5.32 Å². The van der Waals surface area contributed by atoms with Gasteiger partial charge in [0, 0.05) is 31.8 Å². The Bertz CT molecular complexity index is 619. The van der Waals surface area contributed by atoms with Crippen molar-refractivity contribution in [3.05, 3.63) is 17.6 Å². The van der Waals surface area contributed by atoms with Crippen LogP contribution in [0.4, 0.5) is 5.82 Å². The zero-order valence-corrected chi connectivity index (χ0v) is 14.4. The van der Waals surface area contributed by atoms with Gasteiger partial charge >= 0.3 is 0 Å². The summed E-state index contributed by atoms with van der Waals surface area (Å²) in [4.78, 5) is 8.64. The monoisotopic (exact) mass is 328 g/mol. The molecule has 1 fully saturated rings. The fourth-order valence-corrected chi connectivity index (χ4v) is 3.56. The lowest BCUT2D eigenvalue weighted by atomic mass is 10.1. The molecule has 2 rings (SSSR count). The van der Waals surface area contributed by atoms with E-state index in [4.69, 9.17) is 4.74 Å². The lowest BCUT2D eigenvalue weighted by Crippen LogP contribution is -2.37. The molecule has 2 atom stereocenters. The van der Waals surface area contributed by atoms with Gasteiger partial charge in [-0.25, -0.2) is 22.7 Å². The van der Waals surface area contributed by atoms with Crippen molar-refractivity contribution in [2.45, 2.75) is 26.3 Å². The Morgan fingerprint density at radius 1 is 1.41 bits per heavy atom. The van der Waals surface area contributed by atoms with E-state index >= 15 is 0 Å². The molecule has 0 radical (unpaired) electrons. The molecule has 1 aromatic rings. The Balaban J connectivity index is 2.14. The average Bonchev–Trinajstić information content (AvgIpc) is 2.85. The maximum Gasteiger partial charge on any atom is 0.214 e. The van der Waals surface area contributed by atoms with E-state index in [1.807, 2.05) is 20.0 Å². The summed E-state index contributed by atoms with van der Waals surface area (Å²) in [5.41, 5.74) is 1.02. The molecular formula is C14H24N4O3S. The highest BCUT2D eigenvalue weighted by atomic mass is 32.2. The first-order valence-corrected chi connectivity index (χ1v) is 9.01. The van der Waals surface area contributed by atoms with Gasteiger partial charge in [-0.15, -0.1) is 0 Å². The summed E-state index contributed by atoms with van der Waals surface area (Å²) in [5.74, 6) is 1.45. The first-order chi connectivity index (χ1) is 10.3. The largest absolute Gasteiger partial charge is 0.379 e. The van der Waals surface area contributed by atoms with Crippen molar-refractivity contribution in [2.75, 3.05) is 38.4 Å². The van der Waals surface area contributed by atoms with Crippen molar-refractivity contribution < 1.29 is 13.2 Å². The van der Waals surface area contributed by atoms with Gasteiger partial charge in [0.15, 0.2) is 0 Å². The third-order valence-electron chi connectivity index (χ3n) is 3.87. The molecule has 7 nitrogen and oxygen atoms in total. The molecule has 0 unspecified atom stereocenters. The van der Waals surface area contributed by atoms with Crippen LogP contribution in [0.1, 0.15) is 18.3 Å². The van der Waals surface area contributed by atoms with E-state index in [2.05, 4.69) is 15.3 Å².